The first kappa shape index (κ1) is 31.4. The summed E-state index contributed by atoms with van der Waals surface area (Å²) in [5, 5.41) is 0. The lowest BCUT2D eigenvalue weighted by molar-refractivity contribution is 1.01. The topological polar surface area (TPSA) is 13.0 Å². The maximum atomic E-state index is 2.44. The summed E-state index contributed by atoms with van der Waals surface area (Å²) in [6, 6.07) is 78.1. The van der Waals surface area contributed by atoms with Gasteiger partial charge in [0.25, 0.3) is 0 Å². The van der Waals surface area contributed by atoms with Crippen LogP contribution in [0.15, 0.2) is 230 Å². The standard InChI is InChI=1S/C50H36N4/c1-7-19-37(20-8-1)39-31-33-45-47(35-39)53(43-27-15-5-16-28-43)49(51(45)41-23-11-3-12-24-41)50-52(42-25-13-4-14-26-42)46-34-32-40(38-21-9-2-10-22-38)36-48(46)54(50)44-29-17-6-18-30-44/h1-36H/b50-49+. The summed E-state index contributed by atoms with van der Waals surface area (Å²) in [6.45, 7) is 0. The molecule has 0 radical (unpaired) electrons. The summed E-state index contributed by atoms with van der Waals surface area (Å²) in [5.41, 5.74) is 13.4. The first-order valence-electron chi connectivity index (χ1n) is 18.4. The van der Waals surface area contributed by atoms with E-state index in [1.165, 1.54) is 11.1 Å². The summed E-state index contributed by atoms with van der Waals surface area (Å²) in [6.07, 6.45) is 0. The van der Waals surface area contributed by atoms with E-state index in [2.05, 4.69) is 238 Å². The number of hydrogen-bond acceptors (Lipinski definition) is 4. The lowest BCUT2D eigenvalue weighted by Gasteiger charge is -2.34. The van der Waals surface area contributed by atoms with E-state index in [0.717, 1.165) is 68.3 Å². The molecule has 0 aliphatic carbocycles. The third kappa shape index (κ3) is 5.32. The van der Waals surface area contributed by atoms with Gasteiger partial charge in [0.2, 0.25) is 0 Å². The Labute approximate surface area is 316 Å². The normalized spacial score (nSPS) is 14.7. The van der Waals surface area contributed by atoms with Gasteiger partial charge in [-0.2, -0.15) is 0 Å². The fourth-order valence-electron chi connectivity index (χ4n) is 7.81. The predicted molar refractivity (Wildman–Crippen MR) is 225 cm³/mol. The molecular formula is C50H36N4. The molecule has 0 spiro atoms. The van der Waals surface area contributed by atoms with Crippen LogP contribution in [0.4, 0.5) is 45.5 Å². The van der Waals surface area contributed by atoms with Crippen LogP contribution in [0.1, 0.15) is 0 Å². The molecule has 2 aliphatic heterocycles. The molecule has 0 bridgehead atoms. The zero-order chi connectivity index (χ0) is 35.8. The summed E-state index contributed by atoms with van der Waals surface area (Å²) in [4.78, 5) is 9.75. The fourth-order valence-corrected chi connectivity index (χ4v) is 7.81. The first-order chi connectivity index (χ1) is 26.8. The lowest BCUT2D eigenvalue weighted by atomic mass is 10.0. The van der Waals surface area contributed by atoms with Crippen LogP contribution in [0.2, 0.25) is 0 Å². The second-order valence-corrected chi connectivity index (χ2v) is 13.5. The molecule has 8 aromatic rings. The van der Waals surface area contributed by atoms with Crippen molar-refractivity contribution in [3.05, 3.63) is 230 Å². The van der Waals surface area contributed by atoms with E-state index in [0.29, 0.717) is 0 Å². The molecule has 10 rings (SSSR count). The molecule has 2 heterocycles. The van der Waals surface area contributed by atoms with Crippen molar-refractivity contribution in [2.24, 2.45) is 0 Å². The second-order valence-electron chi connectivity index (χ2n) is 13.5. The Hall–Kier alpha value is -7.30. The van der Waals surface area contributed by atoms with Gasteiger partial charge in [-0.15, -0.1) is 0 Å². The van der Waals surface area contributed by atoms with Crippen LogP contribution in [-0.4, -0.2) is 0 Å². The van der Waals surface area contributed by atoms with E-state index < -0.39 is 0 Å². The Bertz CT molecular complexity index is 2410. The molecular weight excluding hydrogens is 657 g/mol. The van der Waals surface area contributed by atoms with E-state index in [1.807, 2.05) is 0 Å². The summed E-state index contributed by atoms with van der Waals surface area (Å²) in [7, 11) is 0. The molecule has 4 heteroatoms. The Morgan fingerprint density at radius 3 is 0.759 bits per heavy atom. The van der Waals surface area contributed by atoms with Crippen molar-refractivity contribution in [3.63, 3.8) is 0 Å². The Balaban J connectivity index is 1.33. The number of fused-ring (bicyclic) bond motifs is 2. The fraction of sp³-hybridized carbons (Fsp3) is 0. The number of benzene rings is 8. The van der Waals surface area contributed by atoms with Crippen LogP contribution < -0.4 is 19.6 Å². The zero-order valence-corrected chi connectivity index (χ0v) is 29.6. The van der Waals surface area contributed by atoms with E-state index in [9.17, 15) is 0 Å². The molecule has 0 N–H and O–H groups in total. The molecule has 0 saturated carbocycles. The van der Waals surface area contributed by atoms with E-state index in [-0.39, 0.29) is 0 Å². The molecule has 8 aromatic carbocycles. The Morgan fingerprint density at radius 1 is 0.204 bits per heavy atom. The minimum atomic E-state index is 1.03. The van der Waals surface area contributed by atoms with Gasteiger partial charge in [-0.25, -0.2) is 0 Å². The molecule has 256 valence electrons. The maximum absolute atomic E-state index is 2.44. The predicted octanol–water partition coefficient (Wildman–Crippen LogP) is 13.4. The molecule has 0 saturated heterocycles. The van der Waals surface area contributed by atoms with Crippen LogP contribution in [0.5, 0.6) is 0 Å². The summed E-state index contributed by atoms with van der Waals surface area (Å²) in [5.74, 6) is 2.05. The van der Waals surface area contributed by atoms with Crippen LogP contribution in [0, 0.1) is 0 Å². The van der Waals surface area contributed by atoms with E-state index in [4.69, 9.17) is 0 Å². The first-order valence-corrected chi connectivity index (χ1v) is 18.4. The highest BCUT2D eigenvalue weighted by Crippen LogP contribution is 2.58. The van der Waals surface area contributed by atoms with Crippen molar-refractivity contribution in [2.45, 2.75) is 0 Å². The van der Waals surface area contributed by atoms with Crippen molar-refractivity contribution < 1.29 is 0 Å². The average molecular weight is 693 g/mol. The third-order valence-electron chi connectivity index (χ3n) is 10.2. The molecule has 0 aromatic heterocycles. The van der Waals surface area contributed by atoms with Gasteiger partial charge >= 0.3 is 0 Å². The highest BCUT2D eigenvalue weighted by atomic mass is 15.5. The van der Waals surface area contributed by atoms with Gasteiger partial charge in [-0.3, -0.25) is 19.6 Å². The van der Waals surface area contributed by atoms with Crippen molar-refractivity contribution >= 4 is 45.5 Å². The summed E-state index contributed by atoms with van der Waals surface area (Å²) < 4.78 is 0. The van der Waals surface area contributed by atoms with E-state index >= 15 is 0 Å². The summed E-state index contributed by atoms with van der Waals surface area (Å²) >= 11 is 0. The van der Waals surface area contributed by atoms with Crippen molar-refractivity contribution in [1.29, 1.82) is 0 Å². The van der Waals surface area contributed by atoms with Gasteiger partial charge in [-0.1, -0.05) is 146 Å². The largest absolute Gasteiger partial charge is 0.291 e. The Kier molecular flexibility index (Phi) is 7.77. The van der Waals surface area contributed by atoms with Crippen LogP contribution in [0.3, 0.4) is 0 Å². The van der Waals surface area contributed by atoms with Crippen LogP contribution in [-0.2, 0) is 0 Å². The highest BCUT2D eigenvalue weighted by Gasteiger charge is 2.44. The minimum absolute atomic E-state index is 1.03. The molecule has 2 aliphatic rings. The zero-order valence-electron chi connectivity index (χ0n) is 29.6. The van der Waals surface area contributed by atoms with Gasteiger partial charge in [0, 0.05) is 22.7 Å². The third-order valence-corrected chi connectivity index (χ3v) is 10.2. The molecule has 4 nitrogen and oxygen atoms in total. The number of rotatable bonds is 6. The monoisotopic (exact) mass is 692 g/mol. The lowest BCUT2D eigenvalue weighted by Crippen LogP contribution is -2.33. The van der Waals surface area contributed by atoms with Gasteiger partial charge in [0.1, 0.15) is 0 Å². The van der Waals surface area contributed by atoms with Crippen molar-refractivity contribution in [1.82, 2.24) is 0 Å². The number of anilines is 8. The highest BCUT2D eigenvalue weighted by molar-refractivity contribution is 6.01. The second kappa shape index (κ2) is 13.4. The van der Waals surface area contributed by atoms with Crippen LogP contribution >= 0.6 is 0 Å². The van der Waals surface area contributed by atoms with Gasteiger partial charge in [0.15, 0.2) is 11.6 Å². The van der Waals surface area contributed by atoms with Gasteiger partial charge in [-0.05, 0) is 95.1 Å². The van der Waals surface area contributed by atoms with Crippen molar-refractivity contribution in [3.8, 4) is 22.3 Å². The maximum Gasteiger partial charge on any atom is 0.166 e. The molecule has 54 heavy (non-hydrogen) atoms. The number of hydrogen-bond donors (Lipinski definition) is 0. The van der Waals surface area contributed by atoms with E-state index in [1.54, 1.807) is 0 Å². The van der Waals surface area contributed by atoms with Gasteiger partial charge in [0.05, 0.1) is 22.7 Å². The molecule has 0 atom stereocenters. The quantitative estimate of drug-likeness (QED) is 0.172. The smallest absolute Gasteiger partial charge is 0.166 e. The molecule has 0 amide bonds. The van der Waals surface area contributed by atoms with Gasteiger partial charge < -0.3 is 0 Å². The Morgan fingerprint density at radius 2 is 0.463 bits per heavy atom. The van der Waals surface area contributed by atoms with Crippen LogP contribution in [0.25, 0.3) is 22.3 Å². The van der Waals surface area contributed by atoms with Crippen molar-refractivity contribution in [2.75, 3.05) is 19.6 Å². The minimum Gasteiger partial charge on any atom is -0.291 e. The average Bonchev–Trinajstić information content (AvgIpc) is 3.78. The SMILES string of the molecule is c1ccc(-c2ccc3c(c2)N(c2ccccc2)/C(=C2\N(c4ccccc4)c4ccc(-c5ccccc5)cc4N2c2ccccc2)N3c2ccccc2)cc1. The number of para-hydroxylation sites is 4. The molecule has 0 fully saturated rings. The molecule has 0 unspecified atom stereocenters. The number of nitrogens with zero attached hydrogens (tertiary/aromatic N) is 4.